The van der Waals surface area contributed by atoms with Crippen LogP contribution in [0.3, 0.4) is 0 Å². The Morgan fingerprint density at radius 2 is 1.85 bits per heavy atom. The third-order valence-corrected chi connectivity index (χ3v) is 4.36. The monoisotopic (exact) mass is 366 g/mol. The van der Waals surface area contributed by atoms with Gasteiger partial charge in [0.25, 0.3) is 5.91 Å². The Balaban J connectivity index is 1.69. The lowest BCUT2D eigenvalue weighted by molar-refractivity contribution is -0.115. The molecule has 2 aromatic rings. The number of anilines is 1. The smallest absolute Gasteiger partial charge is 0.251 e. The number of ether oxygens (including phenoxy) is 1. The lowest BCUT2D eigenvalue weighted by Gasteiger charge is -2.11. The maximum atomic E-state index is 12.4. The van der Waals surface area contributed by atoms with Crippen LogP contribution < -0.4 is 15.4 Å². The minimum Gasteiger partial charge on any atom is -0.496 e. The Morgan fingerprint density at radius 3 is 2.52 bits per heavy atom. The number of hydrogen-bond acceptors (Lipinski definition) is 4. The quantitative estimate of drug-likeness (QED) is 0.738. The topological polar surface area (TPSA) is 84.5 Å². The number of methoxy groups -OCH3 is 1. The lowest BCUT2D eigenvalue weighted by atomic mass is 10.0. The van der Waals surface area contributed by atoms with Gasteiger partial charge in [-0.1, -0.05) is 6.07 Å². The van der Waals surface area contributed by atoms with Crippen LogP contribution in [0.5, 0.6) is 5.75 Å². The zero-order valence-electron chi connectivity index (χ0n) is 15.4. The van der Waals surface area contributed by atoms with Crippen molar-refractivity contribution >= 4 is 23.3 Å². The summed E-state index contributed by atoms with van der Waals surface area (Å²) in [5.74, 6) is 0.0829. The van der Waals surface area contributed by atoms with Gasteiger partial charge < -0.3 is 15.4 Å². The minimum absolute atomic E-state index is 0.0583. The third-order valence-electron chi connectivity index (χ3n) is 4.36. The molecule has 3 rings (SSSR count). The fourth-order valence-electron chi connectivity index (χ4n) is 2.75. The molecule has 2 aromatic carbocycles. The average molecular weight is 366 g/mol. The maximum absolute atomic E-state index is 12.4. The number of hydrogen-bond donors (Lipinski definition) is 2. The van der Waals surface area contributed by atoms with Gasteiger partial charge >= 0.3 is 0 Å². The largest absolute Gasteiger partial charge is 0.496 e. The number of nitrogens with one attached hydrogen (secondary N) is 2. The van der Waals surface area contributed by atoms with Crippen LogP contribution >= 0.6 is 0 Å². The number of amides is 2. The van der Waals surface area contributed by atoms with Crippen LogP contribution in [-0.4, -0.2) is 30.7 Å². The number of benzene rings is 2. The SMILES string of the molecule is COc1ccc(C(C)=O)cc1CC(=O)Nc1cccc(C(=O)NC2CC2)c1. The van der Waals surface area contributed by atoms with Gasteiger partial charge in [0, 0.05) is 28.4 Å². The fourth-order valence-corrected chi connectivity index (χ4v) is 2.75. The molecule has 0 heterocycles. The Labute approximate surface area is 157 Å². The van der Waals surface area contributed by atoms with Gasteiger partial charge in [-0.2, -0.15) is 0 Å². The number of Topliss-reactive ketones (excluding diaryl/α,β-unsaturated/α-hetero) is 1. The summed E-state index contributed by atoms with van der Waals surface area (Å²) in [6.07, 6.45) is 2.09. The predicted molar refractivity (Wildman–Crippen MR) is 102 cm³/mol. The van der Waals surface area contributed by atoms with Gasteiger partial charge in [-0.15, -0.1) is 0 Å². The van der Waals surface area contributed by atoms with Gasteiger partial charge in [-0.3, -0.25) is 14.4 Å². The molecule has 1 aliphatic rings. The molecule has 1 saturated carbocycles. The molecule has 6 heteroatoms. The van der Waals surface area contributed by atoms with Crippen molar-refractivity contribution in [2.24, 2.45) is 0 Å². The molecular formula is C21H22N2O4. The molecule has 0 atom stereocenters. The highest BCUT2D eigenvalue weighted by molar-refractivity contribution is 5.98. The lowest BCUT2D eigenvalue weighted by Crippen LogP contribution is -2.25. The Kier molecular flexibility index (Phi) is 5.54. The molecular weight excluding hydrogens is 344 g/mol. The Morgan fingerprint density at radius 1 is 1.07 bits per heavy atom. The second-order valence-corrected chi connectivity index (χ2v) is 6.64. The van der Waals surface area contributed by atoms with Gasteiger partial charge in [0.2, 0.25) is 5.91 Å². The average Bonchev–Trinajstić information content (AvgIpc) is 3.45. The molecule has 0 unspecified atom stereocenters. The fraction of sp³-hybridized carbons (Fsp3) is 0.286. The zero-order valence-corrected chi connectivity index (χ0v) is 15.4. The summed E-state index contributed by atoms with van der Waals surface area (Å²) < 4.78 is 5.28. The summed E-state index contributed by atoms with van der Waals surface area (Å²) in [7, 11) is 1.52. The number of carbonyl (C=O) groups is 3. The third kappa shape index (κ3) is 4.94. The van der Waals surface area contributed by atoms with E-state index in [1.54, 1.807) is 42.5 Å². The van der Waals surface area contributed by atoms with E-state index >= 15 is 0 Å². The van der Waals surface area contributed by atoms with E-state index in [0.29, 0.717) is 28.1 Å². The van der Waals surface area contributed by atoms with Gasteiger partial charge in [0.1, 0.15) is 5.75 Å². The predicted octanol–water partition coefficient (Wildman–Crippen LogP) is 2.97. The number of carbonyl (C=O) groups excluding carboxylic acids is 3. The van der Waals surface area contributed by atoms with Crippen molar-refractivity contribution in [3.8, 4) is 5.75 Å². The van der Waals surface area contributed by atoms with Crippen molar-refractivity contribution in [3.63, 3.8) is 0 Å². The molecule has 0 aliphatic heterocycles. The van der Waals surface area contributed by atoms with Crippen molar-refractivity contribution in [2.75, 3.05) is 12.4 Å². The van der Waals surface area contributed by atoms with E-state index in [-0.39, 0.29) is 30.1 Å². The summed E-state index contributed by atoms with van der Waals surface area (Å²) >= 11 is 0. The summed E-state index contributed by atoms with van der Waals surface area (Å²) in [6, 6.07) is 12.1. The van der Waals surface area contributed by atoms with Crippen LogP contribution in [0, 0.1) is 0 Å². The molecule has 1 aliphatic carbocycles. The van der Waals surface area contributed by atoms with Crippen LogP contribution in [0.4, 0.5) is 5.69 Å². The van der Waals surface area contributed by atoms with E-state index in [2.05, 4.69) is 10.6 Å². The van der Waals surface area contributed by atoms with Gasteiger partial charge in [-0.05, 0) is 56.2 Å². The first-order chi connectivity index (χ1) is 13.0. The van der Waals surface area contributed by atoms with Crippen LogP contribution in [0.15, 0.2) is 42.5 Å². The molecule has 0 saturated heterocycles. The molecule has 6 nitrogen and oxygen atoms in total. The van der Waals surface area contributed by atoms with Crippen molar-refractivity contribution in [1.29, 1.82) is 0 Å². The van der Waals surface area contributed by atoms with E-state index < -0.39 is 0 Å². The van der Waals surface area contributed by atoms with Crippen LogP contribution in [0.2, 0.25) is 0 Å². The van der Waals surface area contributed by atoms with E-state index in [9.17, 15) is 14.4 Å². The van der Waals surface area contributed by atoms with Crippen LogP contribution in [-0.2, 0) is 11.2 Å². The first kappa shape index (κ1) is 18.6. The standard InChI is InChI=1S/C21H22N2O4/c1-13(24)14-6-9-19(27-2)16(10-14)12-20(25)22-18-5-3-4-15(11-18)21(26)23-17-7-8-17/h3-6,9-11,17H,7-8,12H2,1-2H3,(H,22,25)(H,23,26). The molecule has 140 valence electrons. The van der Waals surface area contributed by atoms with Crippen LogP contribution in [0.1, 0.15) is 46.0 Å². The van der Waals surface area contributed by atoms with Crippen molar-refractivity contribution in [2.45, 2.75) is 32.2 Å². The molecule has 0 spiro atoms. The van der Waals surface area contributed by atoms with E-state index in [1.807, 2.05) is 0 Å². The van der Waals surface area contributed by atoms with Crippen molar-refractivity contribution in [1.82, 2.24) is 5.32 Å². The molecule has 0 aromatic heterocycles. The van der Waals surface area contributed by atoms with Gasteiger partial charge in [0.05, 0.1) is 13.5 Å². The molecule has 2 amide bonds. The van der Waals surface area contributed by atoms with E-state index in [4.69, 9.17) is 4.74 Å². The molecule has 27 heavy (non-hydrogen) atoms. The van der Waals surface area contributed by atoms with Crippen molar-refractivity contribution in [3.05, 3.63) is 59.2 Å². The summed E-state index contributed by atoms with van der Waals surface area (Å²) in [6.45, 7) is 1.48. The van der Waals surface area contributed by atoms with E-state index in [1.165, 1.54) is 14.0 Å². The maximum Gasteiger partial charge on any atom is 0.251 e. The highest BCUT2D eigenvalue weighted by atomic mass is 16.5. The zero-order chi connectivity index (χ0) is 19.4. The van der Waals surface area contributed by atoms with Gasteiger partial charge in [-0.25, -0.2) is 0 Å². The molecule has 0 bridgehead atoms. The first-order valence-electron chi connectivity index (χ1n) is 8.85. The summed E-state index contributed by atoms with van der Waals surface area (Å²) in [5, 5.41) is 5.72. The van der Waals surface area contributed by atoms with E-state index in [0.717, 1.165) is 12.8 Å². The van der Waals surface area contributed by atoms with Gasteiger partial charge in [0.15, 0.2) is 5.78 Å². The highest BCUT2D eigenvalue weighted by Crippen LogP contribution is 2.22. The molecule has 0 radical (unpaired) electrons. The summed E-state index contributed by atoms with van der Waals surface area (Å²) in [4.78, 5) is 36.2. The minimum atomic E-state index is -0.256. The second-order valence-electron chi connectivity index (χ2n) is 6.64. The first-order valence-corrected chi connectivity index (χ1v) is 8.85. The molecule has 2 N–H and O–H groups in total. The second kappa shape index (κ2) is 8.03. The molecule has 1 fully saturated rings. The number of ketones is 1. The highest BCUT2D eigenvalue weighted by Gasteiger charge is 2.23. The Hall–Kier alpha value is -3.15. The normalized spacial score (nSPS) is 13.0. The van der Waals surface area contributed by atoms with Crippen LogP contribution in [0.25, 0.3) is 0 Å². The van der Waals surface area contributed by atoms with Crippen molar-refractivity contribution < 1.29 is 19.1 Å². The number of rotatable bonds is 7. The Bertz CT molecular complexity index is 888. The summed E-state index contributed by atoms with van der Waals surface area (Å²) in [5.41, 5.74) is 2.21.